The van der Waals surface area contributed by atoms with Gasteiger partial charge in [0.2, 0.25) is 5.91 Å². The van der Waals surface area contributed by atoms with Crippen molar-refractivity contribution in [1.82, 2.24) is 5.32 Å². The van der Waals surface area contributed by atoms with E-state index in [1.54, 1.807) is 0 Å². The highest BCUT2D eigenvalue weighted by Crippen LogP contribution is 2.56. The lowest BCUT2D eigenvalue weighted by Gasteiger charge is -2.32. The number of fused-ring (bicyclic) bond motifs is 3. The molecule has 104 valence electrons. The van der Waals surface area contributed by atoms with Gasteiger partial charge in [-0.25, -0.2) is 0 Å². The van der Waals surface area contributed by atoms with Gasteiger partial charge in [-0.3, -0.25) is 9.59 Å². The van der Waals surface area contributed by atoms with Gasteiger partial charge in [0.05, 0.1) is 11.8 Å². The largest absolute Gasteiger partial charge is 0.481 e. The molecule has 0 bridgehead atoms. The van der Waals surface area contributed by atoms with Crippen LogP contribution in [0, 0.1) is 17.8 Å². The average molecular weight is 271 g/mol. The topological polar surface area (TPSA) is 66.4 Å². The molecule has 20 heavy (non-hydrogen) atoms. The van der Waals surface area contributed by atoms with Gasteiger partial charge in [-0.1, -0.05) is 24.3 Å². The number of amides is 1. The van der Waals surface area contributed by atoms with Crippen LogP contribution in [-0.4, -0.2) is 23.0 Å². The summed E-state index contributed by atoms with van der Waals surface area (Å²) in [7, 11) is 0. The van der Waals surface area contributed by atoms with E-state index in [0.29, 0.717) is 24.7 Å². The number of hydrogen-bond donors (Lipinski definition) is 2. The first-order valence-corrected chi connectivity index (χ1v) is 7.28. The van der Waals surface area contributed by atoms with E-state index >= 15 is 0 Å². The van der Waals surface area contributed by atoms with Gasteiger partial charge < -0.3 is 10.4 Å². The Labute approximate surface area is 117 Å². The van der Waals surface area contributed by atoms with Gasteiger partial charge >= 0.3 is 5.97 Å². The molecule has 4 heteroatoms. The van der Waals surface area contributed by atoms with Crippen LogP contribution in [-0.2, 0) is 16.0 Å². The lowest BCUT2D eigenvalue weighted by Crippen LogP contribution is -2.45. The molecule has 3 aliphatic rings. The molecule has 4 nitrogen and oxygen atoms in total. The summed E-state index contributed by atoms with van der Waals surface area (Å²) in [5, 5.41) is 12.1. The highest BCUT2D eigenvalue weighted by atomic mass is 16.4. The molecular weight excluding hydrogens is 254 g/mol. The summed E-state index contributed by atoms with van der Waals surface area (Å²) in [5.74, 6) is -0.693. The normalized spacial score (nSPS) is 36.5. The molecule has 4 rings (SSSR count). The summed E-state index contributed by atoms with van der Waals surface area (Å²) >= 11 is 0. The van der Waals surface area contributed by atoms with Gasteiger partial charge in [0, 0.05) is 12.0 Å². The zero-order chi connectivity index (χ0) is 13.9. The van der Waals surface area contributed by atoms with Gasteiger partial charge in [0.15, 0.2) is 0 Å². The summed E-state index contributed by atoms with van der Waals surface area (Å²) in [6.45, 7) is 0. The minimum Gasteiger partial charge on any atom is -0.481 e. The predicted octanol–water partition coefficient (Wildman–Crippen LogP) is 1.55. The van der Waals surface area contributed by atoms with E-state index in [2.05, 4.69) is 23.5 Å². The number of carbonyl (C=O) groups excluding carboxylic acids is 1. The lowest BCUT2D eigenvalue weighted by atomic mass is 9.73. The van der Waals surface area contributed by atoms with Crippen LogP contribution in [0.1, 0.15) is 29.9 Å². The molecule has 0 aliphatic heterocycles. The molecule has 1 amide bonds. The number of aliphatic carboxylic acids is 1. The number of hydrogen-bond acceptors (Lipinski definition) is 2. The monoisotopic (exact) mass is 271 g/mol. The Morgan fingerprint density at radius 2 is 1.90 bits per heavy atom. The van der Waals surface area contributed by atoms with Crippen molar-refractivity contribution in [3.63, 3.8) is 0 Å². The summed E-state index contributed by atoms with van der Waals surface area (Å²) < 4.78 is 0. The molecule has 1 aromatic rings. The number of nitrogens with one attached hydrogen (secondary N) is 1. The van der Waals surface area contributed by atoms with Crippen LogP contribution in [0.25, 0.3) is 0 Å². The van der Waals surface area contributed by atoms with Gasteiger partial charge in [-0.05, 0) is 36.3 Å². The molecule has 0 saturated heterocycles. The van der Waals surface area contributed by atoms with Crippen molar-refractivity contribution in [2.24, 2.45) is 17.8 Å². The second-order valence-corrected chi connectivity index (χ2v) is 6.26. The zero-order valence-corrected chi connectivity index (χ0v) is 11.1. The summed E-state index contributed by atoms with van der Waals surface area (Å²) in [5.41, 5.74) is 2.77. The smallest absolute Gasteiger partial charge is 0.307 e. The van der Waals surface area contributed by atoms with E-state index in [1.807, 2.05) is 6.07 Å². The first kappa shape index (κ1) is 11.9. The van der Waals surface area contributed by atoms with Gasteiger partial charge in [0.25, 0.3) is 0 Å². The van der Waals surface area contributed by atoms with E-state index in [9.17, 15) is 9.59 Å². The standard InChI is InChI=1S/C16H17NO3/c18-15(10-5-6-11(10)16(19)20)17-14-12-7-8-3-1-2-4-9(8)13(12)14/h1-4,10-14H,5-7H2,(H,17,18)(H,19,20). The van der Waals surface area contributed by atoms with Gasteiger partial charge in [-0.2, -0.15) is 0 Å². The first-order valence-electron chi connectivity index (χ1n) is 7.28. The van der Waals surface area contributed by atoms with Crippen molar-refractivity contribution in [1.29, 1.82) is 0 Å². The second kappa shape index (κ2) is 4.08. The number of carbonyl (C=O) groups is 2. The van der Waals surface area contributed by atoms with Crippen LogP contribution in [0.4, 0.5) is 0 Å². The van der Waals surface area contributed by atoms with Crippen molar-refractivity contribution < 1.29 is 14.7 Å². The molecule has 3 aliphatic carbocycles. The summed E-state index contributed by atoms with van der Waals surface area (Å²) in [6, 6.07) is 8.64. The van der Waals surface area contributed by atoms with Crippen molar-refractivity contribution in [3.8, 4) is 0 Å². The lowest BCUT2D eigenvalue weighted by molar-refractivity contribution is -0.152. The average Bonchev–Trinajstić information content (AvgIpc) is 2.87. The van der Waals surface area contributed by atoms with Crippen LogP contribution in [0.15, 0.2) is 24.3 Å². The number of carboxylic acids is 1. The van der Waals surface area contributed by atoms with Crippen molar-refractivity contribution >= 4 is 11.9 Å². The van der Waals surface area contributed by atoms with Gasteiger partial charge in [0.1, 0.15) is 0 Å². The van der Waals surface area contributed by atoms with Crippen LogP contribution >= 0.6 is 0 Å². The highest BCUT2D eigenvalue weighted by molar-refractivity contribution is 5.87. The van der Waals surface area contributed by atoms with E-state index in [4.69, 9.17) is 5.11 Å². The first-order chi connectivity index (χ1) is 9.66. The number of carboxylic acid groups (broad SMARTS) is 1. The fourth-order valence-corrected chi connectivity index (χ4v) is 3.93. The van der Waals surface area contributed by atoms with E-state index in [1.165, 1.54) is 11.1 Å². The van der Waals surface area contributed by atoms with Crippen LogP contribution in [0.3, 0.4) is 0 Å². The maximum atomic E-state index is 12.2. The molecule has 2 saturated carbocycles. The van der Waals surface area contributed by atoms with Crippen LogP contribution in [0.2, 0.25) is 0 Å². The minimum atomic E-state index is -0.835. The Hall–Kier alpha value is -1.84. The fraction of sp³-hybridized carbons (Fsp3) is 0.500. The molecule has 1 aromatic carbocycles. The fourth-order valence-electron chi connectivity index (χ4n) is 3.93. The SMILES string of the molecule is O=C(O)C1CCC1C(=O)NC1C2Cc3ccccc3C21. The maximum absolute atomic E-state index is 12.2. The maximum Gasteiger partial charge on any atom is 0.307 e. The number of benzene rings is 1. The zero-order valence-electron chi connectivity index (χ0n) is 11.1. The third kappa shape index (κ3) is 1.60. The molecule has 5 unspecified atom stereocenters. The Kier molecular flexibility index (Phi) is 2.43. The van der Waals surface area contributed by atoms with Gasteiger partial charge in [-0.15, -0.1) is 0 Å². The molecule has 0 radical (unpaired) electrons. The molecule has 5 atom stereocenters. The number of rotatable bonds is 3. The molecule has 0 heterocycles. The van der Waals surface area contributed by atoms with Crippen molar-refractivity contribution in [2.45, 2.75) is 31.2 Å². The van der Waals surface area contributed by atoms with E-state index in [0.717, 1.165) is 6.42 Å². The van der Waals surface area contributed by atoms with Crippen LogP contribution in [0.5, 0.6) is 0 Å². The van der Waals surface area contributed by atoms with Crippen LogP contribution < -0.4 is 5.32 Å². The highest BCUT2D eigenvalue weighted by Gasteiger charge is 2.57. The van der Waals surface area contributed by atoms with Crippen molar-refractivity contribution in [2.75, 3.05) is 0 Å². The molecule has 0 aromatic heterocycles. The third-order valence-corrected chi connectivity index (χ3v) is 5.28. The Bertz CT molecular complexity index is 597. The molecule has 2 N–H and O–H groups in total. The summed E-state index contributed by atoms with van der Waals surface area (Å²) in [4.78, 5) is 23.1. The Morgan fingerprint density at radius 1 is 1.15 bits per heavy atom. The van der Waals surface area contributed by atoms with E-state index < -0.39 is 11.9 Å². The predicted molar refractivity (Wildman–Crippen MR) is 72.2 cm³/mol. The Balaban J connectivity index is 1.41. The molecular formula is C16H17NO3. The molecule has 0 spiro atoms. The third-order valence-electron chi connectivity index (χ3n) is 5.28. The molecule has 2 fully saturated rings. The van der Waals surface area contributed by atoms with Crippen molar-refractivity contribution in [3.05, 3.63) is 35.4 Å². The van der Waals surface area contributed by atoms with E-state index in [-0.39, 0.29) is 17.9 Å². The summed E-state index contributed by atoms with van der Waals surface area (Å²) in [6.07, 6.45) is 2.38. The Morgan fingerprint density at radius 3 is 2.60 bits per heavy atom. The minimum absolute atomic E-state index is 0.0551. The second-order valence-electron chi connectivity index (χ2n) is 6.26. The quantitative estimate of drug-likeness (QED) is 0.876.